The van der Waals surface area contributed by atoms with E-state index in [0.717, 1.165) is 10.4 Å². The lowest BCUT2D eigenvalue weighted by Crippen LogP contribution is -2.50. The monoisotopic (exact) mass is 334 g/mol. The van der Waals surface area contributed by atoms with Gasteiger partial charge in [0.2, 0.25) is 0 Å². The molecular weight excluding hydrogens is 315 g/mol. The van der Waals surface area contributed by atoms with Gasteiger partial charge in [-0.2, -0.15) is 0 Å². The third-order valence-corrected chi connectivity index (χ3v) is 12.5. The number of benzene rings is 1. The van der Waals surface area contributed by atoms with E-state index in [2.05, 4.69) is 32.3 Å². The van der Waals surface area contributed by atoms with Crippen molar-refractivity contribution in [1.29, 1.82) is 0 Å². The number of carboxylic acid groups (broad SMARTS) is 1. The number of hydrogen-bond donors (Lipinski definition) is 1. The quantitative estimate of drug-likeness (QED) is 0.664. The molecule has 106 valence electrons. The third-order valence-electron chi connectivity index (χ3n) is 3.41. The van der Waals surface area contributed by atoms with Crippen LogP contribution in [-0.2, 0) is 0 Å². The number of alkyl halides is 2. The summed E-state index contributed by atoms with van der Waals surface area (Å²) in [6.07, 6.45) is 0. The molecule has 0 amide bonds. The van der Waals surface area contributed by atoms with Crippen LogP contribution in [0.1, 0.15) is 10.4 Å². The molecule has 0 atom stereocenters. The van der Waals surface area contributed by atoms with Gasteiger partial charge in [-0.3, -0.25) is 0 Å². The second-order valence-corrected chi connectivity index (χ2v) is 17.0. The molecule has 1 aromatic carbocycles. The Bertz CT molecular complexity index is 453. The molecule has 1 aromatic rings. The Labute approximate surface area is 126 Å². The SMILES string of the molecule is C[Si](C)(CCl)c1cc(C(=O)O)cc([Si](C)(C)CCl)c1. The maximum Gasteiger partial charge on any atom is 0.335 e. The van der Waals surface area contributed by atoms with Crippen molar-refractivity contribution < 1.29 is 9.90 Å². The lowest BCUT2D eigenvalue weighted by molar-refractivity contribution is 0.0697. The summed E-state index contributed by atoms with van der Waals surface area (Å²) >= 11 is 12.1. The number of halogens is 2. The summed E-state index contributed by atoms with van der Waals surface area (Å²) in [4.78, 5) is 11.3. The van der Waals surface area contributed by atoms with E-state index in [-0.39, 0.29) is 0 Å². The first-order chi connectivity index (χ1) is 8.64. The Morgan fingerprint density at radius 1 is 1.00 bits per heavy atom. The van der Waals surface area contributed by atoms with Crippen molar-refractivity contribution in [2.24, 2.45) is 0 Å². The molecule has 0 aliphatic heterocycles. The smallest absolute Gasteiger partial charge is 0.335 e. The summed E-state index contributed by atoms with van der Waals surface area (Å²) in [5.74, 6) is -0.887. The summed E-state index contributed by atoms with van der Waals surface area (Å²) in [5, 5.41) is 11.5. The first-order valence-electron chi connectivity index (χ1n) is 6.15. The number of aromatic carboxylic acids is 1. The van der Waals surface area contributed by atoms with Crippen LogP contribution >= 0.6 is 23.2 Å². The molecule has 2 nitrogen and oxygen atoms in total. The van der Waals surface area contributed by atoms with Crippen LogP contribution in [0.4, 0.5) is 0 Å². The minimum atomic E-state index is -1.77. The van der Waals surface area contributed by atoms with E-state index in [1.807, 2.05) is 0 Å². The number of hydrogen-bond acceptors (Lipinski definition) is 1. The fourth-order valence-corrected chi connectivity index (χ4v) is 5.25. The highest BCUT2D eigenvalue weighted by Gasteiger charge is 2.28. The van der Waals surface area contributed by atoms with E-state index in [1.165, 1.54) is 0 Å². The predicted molar refractivity (Wildman–Crippen MR) is 89.1 cm³/mol. The van der Waals surface area contributed by atoms with Crippen LogP contribution < -0.4 is 10.4 Å². The van der Waals surface area contributed by atoms with Gasteiger partial charge < -0.3 is 5.11 Å². The van der Waals surface area contributed by atoms with Crippen molar-refractivity contribution >= 4 is 55.7 Å². The molecule has 0 bridgehead atoms. The molecule has 6 heteroatoms. The molecule has 0 aliphatic rings. The van der Waals surface area contributed by atoms with Gasteiger partial charge in [0.1, 0.15) is 0 Å². The first kappa shape index (κ1) is 16.8. The van der Waals surface area contributed by atoms with Gasteiger partial charge in [-0.15, -0.1) is 23.2 Å². The number of rotatable bonds is 5. The molecule has 0 fully saturated rings. The lowest BCUT2D eigenvalue weighted by Gasteiger charge is -2.25. The Hall–Kier alpha value is -0.296. The van der Waals surface area contributed by atoms with Crippen LogP contribution in [0.2, 0.25) is 26.2 Å². The molecular formula is C13H20Cl2O2Si2. The van der Waals surface area contributed by atoms with Gasteiger partial charge in [-0.25, -0.2) is 4.79 Å². The summed E-state index contributed by atoms with van der Waals surface area (Å²) in [5.41, 5.74) is 1.51. The minimum Gasteiger partial charge on any atom is -0.478 e. The van der Waals surface area contributed by atoms with Crippen molar-refractivity contribution in [2.75, 3.05) is 11.0 Å². The molecule has 1 rings (SSSR count). The van der Waals surface area contributed by atoms with Crippen molar-refractivity contribution in [1.82, 2.24) is 0 Å². The maximum atomic E-state index is 11.3. The van der Waals surface area contributed by atoms with E-state index in [1.54, 1.807) is 12.1 Å². The van der Waals surface area contributed by atoms with Gasteiger partial charge in [0, 0.05) is 11.0 Å². The molecule has 0 saturated heterocycles. The van der Waals surface area contributed by atoms with Gasteiger partial charge in [0.05, 0.1) is 21.7 Å². The minimum absolute atomic E-state index is 0.351. The van der Waals surface area contributed by atoms with Crippen molar-refractivity contribution in [2.45, 2.75) is 26.2 Å². The predicted octanol–water partition coefficient (Wildman–Crippen LogP) is 2.77. The average molecular weight is 335 g/mol. The molecule has 19 heavy (non-hydrogen) atoms. The third kappa shape index (κ3) is 3.84. The molecule has 0 radical (unpaired) electrons. The van der Waals surface area contributed by atoms with Crippen LogP contribution in [0, 0.1) is 0 Å². The summed E-state index contributed by atoms with van der Waals surface area (Å²) in [6.45, 7) is 8.61. The van der Waals surface area contributed by atoms with Crippen LogP contribution in [0.3, 0.4) is 0 Å². The molecule has 0 heterocycles. The molecule has 1 N–H and O–H groups in total. The van der Waals surface area contributed by atoms with Gasteiger partial charge in [0.15, 0.2) is 0 Å². The van der Waals surface area contributed by atoms with Gasteiger partial charge >= 0.3 is 5.97 Å². The number of carbonyl (C=O) groups is 1. The Kier molecular flexibility index (Phi) is 5.29. The van der Waals surface area contributed by atoms with Gasteiger partial charge in [-0.1, -0.05) is 42.6 Å². The van der Waals surface area contributed by atoms with E-state index in [4.69, 9.17) is 23.2 Å². The summed E-state index contributed by atoms with van der Waals surface area (Å²) in [6, 6.07) is 5.69. The molecule has 0 aromatic heterocycles. The molecule has 0 unspecified atom stereocenters. The lowest BCUT2D eigenvalue weighted by atomic mass is 10.2. The largest absolute Gasteiger partial charge is 0.478 e. The van der Waals surface area contributed by atoms with E-state index >= 15 is 0 Å². The standard InChI is InChI=1S/C13H20Cl2O2Si2/c1-18(2,8-14)11-5-10(13(16)17)6-12(7-11)19(3,4)9-15/h5-7H,8-9H2,1-4H3,(H,16,17). The van der Waals surface area contributed by atoms with E-state index in [0.29, 0.717) is 16.6 Å². The van der Waals surface area contributed by atoms with Crippen LogP contribution in [-0.4, -0.2) is 38.2 Å². The maximum absolute atomic E-state index is 11.3. The van der Waals surface area contributed by atoms with Crippen LogP contribution in [0.25, 0.3) is 0 Å². The molecule has 0 spiro atoms. The first-order valence-corrected chi connectivity index (χ1v) is 13.6. The Morgan fingerprint density at radius 2 is 1.37 bits per heavy atom. The topological polar surface area (TPSA) is 37.3 Å². The normalized spacial score (nSPS) is 12.5. The zero-order chi connectivity index (χ0) is 14.8. The van der Waals surface area contributed by atoms with Crippen LogP contribution in [0.5, 0.6) is 0 Å². The molecule has 0 aliphatic carbocycles. The number of carboxylic acids is 1. The van der Waals surface area contributed by atoms with Gasteiger partial charge in [-0.05, 0) is 12.1 Å². The zero-order valence-electron chi connectivity index (χ0n) is 11.8. The highest BCUT2D eigenvalue weighted by atomic mass is 35.5. The average Bonchev–Trinajstić information content (AvgIpc) is 2.38. The Balaban J connectivity index is 3.47. The van der Waals surface area contributed by atoms with Crippen molar-refractivity contribution in [3.63, 3.8) is 0 Å². The van der Waals surface area contributed by atoms with Gasteiger partial charge in [0.25, 0.3) is 0 Å². The van der Waals surface area contributed by atoms with E-state index < -0.39 is 22.1 Å². The summed E-state index contributed by atoms with van der Waals surface area (Å²) < 4.78 is 0. The van der Waals surface area contributed by atoms with E-state index in [9.17, 15) is 9.90 Å². The highest BCUT2D eigenvalue weighted by Crippen LogP contribution is 2.11. The summed E-state index contributed by atoms with van der Waals surface area (Å²) in [7, 11) is -3.54. The van der Waals surface area contributed by atoms with Crippen molar-refractivity contribution in [3.05, 3.63) is 23.8 Å². The fraction of sp³-hybridized carbons (Fsp3) is 0.462. The zero-order valence-corrected chi connectivity index (χ0v) is 15.3. The Morgan fingerprint density at radius 3 is 1.63 bits per heavy atom. The second kappa shape index (κ2) is 6.00. The molecule has 0 saturated carbocycles. The second-order valence-electron chi connectivity index (χ2n) is 6.14. The van der Waals surface area contributed by atoms with Crippen LogP contribution in [0.15, 0.2) is 18.2 Å². The highest BCUT2D eigenvalue weighted by molar-refractivity contribution is 6.96. The fourth-order valence-electron chi connectivity index (χ4n) is 1.69. The van der Waals surface area contributed by atoms with Crippen molar-refractivity contribution in [3.8, 4) is 0 Å².